The molecule has 0 saturated carbocycles. The minimum Gasteiger partial charge on any atom is -0.383 e. The Labute approximate surface area is 164 Å². The van der Waals surface area contributed by atoms with Crippen molar-refractivity contribution in [2.24, 2.45) is 5.73 Å². The summed E-state index contributed by atoms with van der Waals surface area (Å²) in [6.45, 7) is 0. The highest BCUT2D eigenvalue weighted by Gasteiger charge is 2.27. The van der Waals surface area contributed by atoms with Crippen molar-refractivity contribution < 1.29 is 8.42 Å². The summed E-state index contributed by atoms with van der Waals surface area (Å²) in [5.74, 6) is -0.138. The zero-order chi connectivity index (χ0) is 17.3. The molecule has 0 aliphatic heterocycles. The molecular formula is C15H14ClN3O2S4. The van der Waals surface area contributed by atoms with Gasteiger partial charge in [0.05, 0.1) is 19.7 Å². The van der Waals surface area contributed by atoms with Crippen molar-refractivity contribution in [2.75, 3.05) is 6.26 Å². The second kappa shape index (κ2) is 7.88. The van der Waals surface area contributed by atoms with Crippen LogP contribution >= 0.6 is 46.8 Å². The predicted molar refractivity (Wildman–Crippen MR) is 107 cm³/mol. The van der Waals surface area contributed by atoms with Crippen LogP contribution in [0.25, 0.3) is 11.3 Å². The van der Waals surface area contributed by atoms with E-state index in [9.17, 15) is 8.42 Å². The number of halogens is 1. The lowest BCUT2D eigenvalue weighted by atomic mass is 10.2. The van der Waals surface area contributed by atoms with Crippen LogP contribution in [0.4, 0.5) is 0 Å². The van der Waals surface area contributed by atoms with Crippen LogP contribution in [0, 0.1) is 5.41 Å². The Morgan fingerprint density at radius 2 is 1.96 bits per heavy atom. The lowest BCUT2D eigenvalue weighted by Gasteiger charge is -2.00. The van der Waals surface area contributed by atoms with E-state index in [1.54, 1.807) is 11.6 Å². The Hall–Kier alpha value is -1.39. The van der Waals surface area contributed by atoms with Gasteiger partial charge < -0.3 is 5.73 Å². The normalized spacial score (nSPS) is 11.1. The molecule has 1 aromatic carbocycles. The number of nitrogens with one attached hydrogen (secondary N) is 1. The average molecular weight is 432 g/mol. The molecule has 0 amide bonds. The minimum absolute atomic E-state index is 0. The van der Waals surface area contributed by atoms with Crippen LogP contribution in [0.2, 0.25) is 0 Å². The third kappa shape index (κ3) is 3.90. The first-order chi connectivity index (χ1) is 11.4. The summed E-state index contributed by atoms with van der Waals surface area (Å²) >= 11 is 3.62. The Morgan fingerprint density at radius 1 is 1.28 bits per heavy atom. The van der Waals surface area contributed by atoms with Crippen LogP contribution < -0.4 is 5.73 Å². The highest BCUT2D eigenvalue weighted by molar-refractivity contribution is 8.01. The van der Waals surface area contributed by atoms with E-state index in [4.69, 9.17) is 11.1 Å². The fourth-order valence-electron chi connectivity index (χ4n) is 2.04. The average Bonchev–Trinajstić information content (AvgIpc) is 3.23. The number of benzene rings is 1. The van der Waals surface area contributed by atoms with Crippen LogP contribution in [-0.4, -0.2) is 25.5 Å². The van der Waals surface area contributed by atoms with Gasteiger partial charge in [-0.2, -0.15) is 0 Å². The molecule has 3 rings (SSSR count). The summed E-state index contributed by atoms with van der Waals surface area (Å²) in [5, 5.41) is 9.25. The molecule has 0 unspecified atom stereocenters. The monoisotopic (exact) mass is 431 g/mol. The van der Waals surface area contributed by atoms with Gasteiger partial charge in [0.2, 0.25) is 14.2 Å². The lowest BCUT2D eigenvalue weighted by molar-refractivity contribution is 0.594. The van der Waals surface area contributed by atoms with Gasteiger partial charge in [-0.15, -0.1) is 46.8 Å². The molecule has 0 radical (unpaired) electrons. The molecule has 3 aromatic rings. The molecule has 10 heteroatoms. The van der Waals surface area contributed by atoms with Crippen LogP contribution in [0.5, 0.6) is 0 Å². The minimum atomic E-state index is -3.74. The Bertz CT molecular complexity index is 997. The van der Waals surface area contributed by atoms with Crippen molar-refractivity contribution in [3.8, 4) is 11.3 Å². The molecule has 0 atom stereocenters. The molecule has 3 N–H and O–H groups in total. The number of aromatic nitrogens is 1. The van der Waals surface area contributed by atoms with E-state index >= 15 is 0 Å². The quantitative estimate of drug-likeness (QED) is 0.359. The second-order valence-electron chi connectivity index (χ2n) is 4.75. The largest absolute Gasteiger partial charge is 0.383 e. The van der Waals surface area contributed by atoms with Crippen molar-refractivity contribution >= 4 is 62.5 Å². The number of nitrogen functional groups attached to an aromatic ring is 1. The first-order valence-electron chi connectivity index (χ1n) is 6.71. The molecule has 0 saturated heterocycles. The summed E-state index contributed by atoms with van der Waals surface area (Å²) in [4.78, 5) is 4.91. The Morgan fingerprint density at radius 3 is 2.56 bits per heavy atom. The second-order valence-corrected chi connectivity index (χ2v) is 9.83. The molecule has 2 aromatic heterocycles. The standard InChI is InChI=1S/C15H13N3O2S4.ClH/c1-21-14-12(7-11(23-14)13(16)17)24(19,20)15-18-10(8-22-15)9-5-3-2-4-6-9;/h2-8H,1H3,(H3,16,17);1H. The van der Waals surface area contributed by atoms with Crippen molar-refractivity contribution in [1.82, 2.24) is 4.98 Å². The Balaban J connectivity index is 0.00000225. The maximum absolute atomic E-state index is 12.9. The topological polar surface area (TPSA) is 96.9 Å². The van der Waals surface area contributed by atoms with Gasteiger partial charge in [-0.25, -0.2) is 13.4 Å². The maximum Gasteiger partial charge on any atom is 0.235 e. The van der Waals surface area contributed by atoms with Crippen LogP contribution in [0.1, 0.15) is 4.88 Å². The van der Waals surface area contributed by atoms with Gasteiger partial charge in [0.25, 0.3) is 0 Å². The van der Waals surface area contributed by atoms with E-state index in [-0.39, 0.29) is 27.5 Å². The number of hydrogen-bond donors (Lipinski definition) is 2. The number of hydrogen-bond acceptors (Lipinski definition) is 7. The van der Waals surface area contributed by atoms with Crippen LogP contribution in [0.15, 0.2) is 55.2 Å². The first-order valence-corrected chi connectivity index (χ1v) is 11.1. The van der Waals surface area contributed by atoms with E-state index in [0.29, 0.717) is 14.8 Å². The lowest BCUT2D eigenvalue weighted by Crippen LogP contribution is -2.08. The fraction of sp³-hybridized carbons (Fsp3) is 0.0667. The number of rotatable bonds is 5. The molecule has 0 spiro atoms. The molecule has 0 bridgehead atoms. The molecule has 5 nitrogen and oxygen atoms in total. The van der Waals surface area contributed by atoms with Crippen LogP contribution in [-0.2, 0) is 9.84 Å². The van der Waals surface area contributed by atoms with Crippen molar-refractivity contribution in [1.29, 1.82) is 5.41 Å². The SMILES string of the molecule is CSc1sc(C(=N)N)cc1S(=O)(=O)c1nc(-c2ccccc2)cs1.Cl. The van der Waals surface area contributed by atoms with E-state index in [1.807, 2.05) is 30.3 Å². The molecule has 0 aliphatic carbocycles. The van der Waals surface area contributed by atoms with Crippen molar-refractivity contribution in [2.45, 2.75) is 13.4 Å². The van der Waals surface area contributed by atoms with E-state index in [0.717, 1.165) is 16.9 Å². The third-order valence-electron chi connectivity index (χ3n) is 3.19. The molecular weight excluding hydrogens is 418 g/mol. The van der Waals surface area contributed by atoms with Gasteiger partial charge in [0, 0.05) is 10.9 Å². The summed E-state index contributed by atoms with van der Waals surface area (Å²) < 4.78 is 26.5. The Kier molecular flexibility index (Phi) is 6.28. The zero-order valence-electron chi connectivity index (χ0n) is 12.9. The molecule has 25 heavy (non-hydrogen) atoms. The van der Waals surface area contributed by atoms with E-state index in [1.165, 1.54) is 29.2 Å². The predicted octanol–water partition coefficient (Wildman–Crippen LogP) is 4.13. The zero-order valence-corrected chi connectivity index (χ0v) is 17.0. The van der Waals surface area contributed by atoms with Gasteiger partial charge in [-0.1, -0.05) is 30.3 Å². The number of thiophene rings is 1. The number of thioether (sulfide) groups is 1. The summed E-state index contributed by atoms with van der Waals surface area (Å²) in [6, 6.07) is 10.9. The van der Waals surface area contributed by atoms with Gasteiger partial charge >= 0.3 is 0 Å². The number of amidine groups is 1. The van der Waals surface area contributed by atoms with Gasteiger partial charge in [0.1, 0.15) is 5.84 Å². The molecule has 0 aliphatic rings. The molecule has 132 valence electrons. The van der Waals surface area contributed by atoms with Crippen molar-refractivity contribution in [3.63, 3.8) is 0 Å². The smallest absolute Gasteiger partial charge is 0.235 e. The van der Waals surface area contributed by atoms with Gasteiger partial charge in [-0.3, -0.25) is 5.41 Å². The number of thiazole rings is 1. The third-order valence-corrected chi connectivity index (χ3v) is 8.78. The van der Waals surface area contributed by atoms with E-state index < -0.39 is 9.84 Å². The number of nitrogens with two attached hydrogens (primary N) is 1. The maximum atomic E-state index is 12.9. The fourth-order valence-corrected chi connectivity index (χ4v) is 7.02. The summed E-state index contributed by atoms with van der Waals surface area (Å²) in [7, 11) is -3.74. The summed E-state index contributed by atoms with van der Waals surface area (Å²) in [6.07, 6.45) is 1.80. The summed E-state index contributed by atoms with van der Waals surface area (Å²) in [5.41, 5.74) is 6.99. The number of sulfone groups is 1. The first kappa shape index (κ1) is 19.9. The van der Waals surface area contributed by atoms with E-state index in [2.05, 4.69) is 4.98 Å². The van der Waals surface area contributed by atoms with Gasteiger partial charge in [0.15, 0.2) is 0 Å². The molecule has 0 fully saturated rings. The number of nitrogens with zero attached hydrogens (tertiary/aromatic N) is 1. The molecule has 2 heterocycles. The highest BCUT2D eigenvalue weighted by Crippen LogP contribution is 2.38. The van der Waals surface area contributed by atoms with Crippen LogP contribution in [0.3, 0.4) is 0 Å². The highest BCUT2D eigenvalue weighted by atomic mass is 35.5. The van der Waals surface area contributed by atoms with Crippen molar-refractivity contribution in [3.05, 3.63) is 46.7 Å². The van der Waals surface area contributed by atoms with Gasteiger partial charge in [-0.05, 0) is 12.3 Å².